The van der Waals surface area contributed by atoms with Gasteiger partial charge in [-0.1, -0.05) is 6.58 Å². The van der Waals surface area contributed by atoms with E-state index in [9.17, 15) is 5.11 Å². The van der Waals surface area contributed by atoms with Crippen LogP contribution in [0.15, 0.2) is 24.9 Å². The van der Waals surface area contributed by atoms with Crippen LogP contribution in [0, 0.1) is 0 Å². The number of aromatic nitrogens is 1. The van der Waals surface area contributed by atoms with Crippen molar-refractivity contribution in [1.82, 2.24) is 4.98 Å². The first-order valence-electron chi connectivity index (χ1n) is 6.07. The molecule has 0 amide bonds. The van der Waals surface area contributed by atoms with Crippen molar-refractivity contribution >= 4 is 11.3 Å². The third-order valence-electron chi connectivity index (χ3n) is 3.39. The predicted octanol–water partition coefficient (Wildman–Crippen LogP) is 2.47. The summed E-state index contributed by atoms with van der Waals surface area (Å²) in [5, 5.41) is 9.90. The van der Waals surface area contributed by atoms with Crippen LogP contribution in [-0.4, -0.2) is 28.8 Å². The molecule has 1 fully saturated rings. The molecule has 1 aliphatic heterocycles. The van der Waals surface area contributed by atoms with Crippen LogP contribution in [0.4, 0.5) is 5.69 Å². The summed E-state index contributed by atoms with van der Waals surface area (Å²) in [4.78, 5) is 6.66. The average molecular weight is 232 g/mol. The lowest BCUT2D eigenvalue weighted by molar-refractivity contribution is 0.0351. The fraction of sp³-hybridized carbons (Fsp3) is 0.500. The van der Waals surface area contributed by atoms with Gasteiger partial charge in [0.1, 0.15) is 0 Å². The van der Waals surface area contributed by atoms with Gasteiger partial charge < -0.3 is 10.0 Å². The summed E-state index contributed by atoms with van der Waals surface area (Å²) in [6.45, 7) is 9.53. The van der Waals surface area contributed by atoms with Crippen LogP contribution in [0.25, 0.3) is 5.57 Å². The highest BCUT2D eigenvalue weighted by Crippen LogP contribution is 2.25. The van der Waals surface area contributed by atoms with Gasteiger partial charge in [-0.3, -0.25) is 4.98 Å². The Bertz CT molecular complexity index is 399. The summed E-state index contributed by atoms with van der Waals surface area (Å²) in [5.74, 6) is 0. The second-order valence-electron chi connectivity index (χ2n) is 5.17. The molecule has 1 aliphatic rings. The van der Waals surface area contributed by atoms with Crippen molar-refractivity contribution in [2.24, 2.45) is 0 Å². The van der Waals surface area contributed by atoms with Crippen LogP contribution >= 0.6 is 0 Å². The number of hydrogen-bond acceptors (Lipinski definition) is 3. The van der Waals surface area contributed by atoms with Crippen LogP contribution in [0.3, 0.4) is 0 Å². The molecule has 0 spiro atoms. The molecule has 0 aliphatic carbocycles. The number of piperidine rings is 1. The highest BCUT2D eigenvalue weighted by atomic mass is 16.3. The van der Waals surface area contributed by atoms with Crippen molar-refractivity contribution < 1.29 is 5.11 Å². The van der Waals surface area contributed by atoms with E-state index < -0.39 is 5.60 Å². The van der Waals surface area contributed by atoms with Crippen molar-refractivity contribution in [3.63, 3.8) is 0 Å². The van der Waals surface area contributed by atoms with E-state index in [1.165, 1.54) is 0 Å². The Hall–Kier alpha value is -1.35. The van der Waals surface area contributed by atoms with Gasteiger partial charge in [-0.05, 0) is 44.4 Å². The Kier molecular flexibility index (Phi) is 3.20. The zero-order valence-corrected chi connectivity index (χ0v) is 10.6. The van der Waals surface area contributed by atoms with Crippen molar-refractivity contribution in [3.8, 4) is 0 Å². The Morgan fingerprint density at radius 3 is 2.53 bits per heavy atom. The van der Waals surface area contributed by atoms with Gasteiger partial charge in [-0.15, -0.1) is 0 Å². The molecule has 0 bridgehead atoms. The van der Waals surface area contributed by atoms with Gasteiger partial charge in [0, 0.05) is 13.1 Å². The maximum atomic E-state index is 9.90. The van der Waals surface area contributed by atoms with Crippen LogP contribution < -0.4 is 4.90 Å². The molecule has 3 nitrogen and oxygen atoms in total. The van der Waals surface area contributed by atoms with Gasteiger partial charge in [0.2, 0.25) is 0 Å². The zero-order valence-electron chi connectivity index (χ0n) is 10.6. The number of pyridine rings is 1. The maximum absolute atomic E-state index is 9.90. The Balaban J connectivity index is 2.06. The van der Waals surface area contributed by atoms with Crippen molar-refractivity contribution in [2.75, 3.05) is 18.0 Å². The summed E-state index contributed by atoms with van der Waals surface area (Å²) in [5.41, 5.74) is 2.56. The number of hydrogen-bond donors (Lipinski definition) is 1. The van der Waals surface area contributed by atoms with Gasteiger partial charge in [0.15, 0.2) is 0 Å². The number of nitrogens with zero attached hydrogens (tertiary/aromatic N) is 2. The summed E-state index contributed by atoms with van der Waals surface area (Å²) in [7, 11) is 0. The fourth-order valence-electron chi connectivity index (χ4n) is 2.07. The molecule has 92 valence electrons. The molecule has 2 rings (SSSR count). The maximum Gasteiger partial charge on any atom is 0.0654 e. The van der Waals surface area contributed by atoms with E-state index in [1.807, 2.05) is 26.1 Å². The van der Waals surface area contributed by atoms with E-state index in [0.29, 0.717) is 0 Å². The standard InChI is InChI=1S/C14H20N2O/c1-11(2)13-5-4-12(10-15-13)16-8-6-14(3,17)7-9-16/h4-5,10,17H,1,6-9H2,2-3H3. The van der Waals surface area contributed by atoms with E-state index in [-0.39, 0.29) is 0 Å². The zero-order chi connectivity index (χ0) is 12.5. The first-order valence-corrected chi connectivity index (χ1v) is 6.07. The second-order valence-corrected chi connectivity index (χ2v) is 5.17. The SMILES string of the molecule is C=C(C)c1ccc(N2CCC(C)(O)CC2)cn1. The smallest absolute Gasteiger partial charge is 0.0654 e. The van der Waals surface area contributed by atoms with Crippen LogP contribution in [-0.2, 0) is 0 Å². The number of allylic oxidation sites excluding steroid dienone is 1. The molecule has 1 aromatic rings. The topological polar surface area (TPSA) is 36.4 Å². The first kappa shape index (κ1) is 12.1. The summed E-state index contributed by atoms with van der Waals surface area (Å²) in [6.07, 6.45) is 3.52. The molecule has 0 unspecified atom stereocenters. The minimum absolute atomic E-state index is 0.498. The molecule has 3 heteroatoms. The van der Waals surface area contributed by atoms with Crippen LogP contribution in [0.1, 0.15) is 32.4 Å². The van der Waals surface area contributed by atoms with E-state index in [2.05, 4.69) is 22.5 Å². The van der Waals surface area contributed by atoms with Crippen molar-refractivity contribution in [2.45, 2.75) is 32.3 Å². The molecule has 17 heavy (non-hydrogen) atoms. The molecule has 0 atom stereocenters. The molecule has 1 saturated heterocycles. The van der Waals surface area contributed by atoms with Gasteiger partial charge in [-0.2, -0.15) is 0 Å². The fourth-order valence-corrected chi connectivity index (χ4v) is 2.07. The van der Waals surface area contributed by atoms with Gasteiger partial charge >= 0.3 is 0 Å². The minimum Gasteiger partial charge on any atom is -0.390 e. The Morgan fingerprint density at radius 2 is 2.06 bits per heavy atom. The predicted molar refractivity (Wildman–Crippen MR) is 71.0 cm³/mol. The number of rotatable bonds is 2. The van der Waals surface area contributed by atoms with Crippen LogP contribution in [0.5, 0.6) is 0 Å². The Morgan fingerprint density at radius 1 is 1.41 bits per heavy atom. The van der Waals surface area contributed by atoms with E-state index >= 15 is 0 Å². The van der Waals surface area contributed by atoms with Crippen molar-refractivity contribution in [3.05, 3.63) is 30.6 Å². The van der Waals surface area contributed by atoms with E-state index in [4.69, 9.17) is 0 Å². The first-order chi connectivity index (χ1) is 7.98. The normalized spacial score (nSPS) is 19.1. The summed E-state index contributed by atoms with van der Waals surface area (Å²) < 4.78 is 0. The lowest BCUT2D eigenvalue weighted by Gasteiger charge is -2.37. The Labute approximate surface area is 103 Å². The van der Waals surface area contributed by atoms with Crippen molar-refractivity contribution in [1.29, 1.82) is 0 Å². The molecule has 2 heterocycles. The number of anilines is 1. The molecule has 1 aromatic heterocycles. The average Bonchev–Trinajstić information content (AvgIpc) is 2.29. The van der Waals surface area contributed by atoms with Crippen LogP contribution in [0.2, 0.25) is 0 Å². The molecular weight excluding hydrogens is 212 g/mol. The minimum atomic E-state index is -0.498. The highest BCUT2D eigenvalue weighted by Gasteiger charge is 2.27. The van der Waals surface area contributed by atoms with E-state index in [0.717, 1.165) is 42.9 Å². The van der Waals surface area contributed by atoms with Gasteiger partial charge in [0.25, 0.3) is 0 Å². The number of aliphatic hydroxyl groups is 1. The molecule has 0 radical (unpaired) electrons. The van der Waals surface area contributed by atoms with Gasteiger partial charge in [-0.25, -0.2) is 0 Å². The molecule has 1 N–H and O–H groups in total. The molecule has 0 saturated carbocycles. The monoisotopic (exact) mass is 232 g/mol. The summed E-state index contributed by atoms with van der Waals surface area (Å²) in [6, 6.07) is 4.08. The van der Waals surface area contributed by atoms with Gasteiger partial charge in [0.05, 0.1) is 23.2 Å². The molecular formula is C14H20N2O. The third-order valence-corrected chi connectivity index (χ3v) is 3.39. The quantitative estimate of drug-likeness (QED) is 0.851. The second kappa shape index (κ2) is 4.49. The lowest BCUT2D eigenvalue weighted by atomic mass is 9.93. The lowest BCUT2D eigenvalue weighted by Crippen LogP contribution is -2.42. The summed E-state index contributed by atoms with van der Waals surface area (Å²) >= 11 is 0. The largest absolute Gasteiger partial charge is 0.390 e. The molecule has 0 aromatic carbocycles. The van der Waals surface area contributed by atoms with E-state index in [1.54, 1.807) is 0 Å². The third kappa shape index (κ3) is 2.86. The highest BCUT2D eigenvalue weighted by molar-refractivity contribution is 5.59.